The molecule has 100 valence electrons. The van der Waals surface area contributed by atoms with Crippen molar-refractivity contribution in [1.29, 1.82) is 0 Å². The molecule has 0 aliphatic rings. The van der Waals surface area contributed by atoms with Crippen LogP contribution in [0.4, 0.5) is 8.78 Å². The number of hydrogen-bond donors (Lipinski definition) is 1. The zero-order valence-electron chi connectivity index (χ0n) is 11.1. The van der Waals surface area contributed by atoms with Crippen molar-refractivity contribution in [2.45, 2.75) is 19.4 Å². The molecule has 0 spiro atoms. The van der Waals surface area contributed by atoms with Crippen molar-refractivity contribution in [1.82, 2.24) is 5.32 Å². The minimum absolute atomic E-state index is 0.0313. The Kier molecular flexibility index (Phi) is 4.27. The highest BCUT2D eigenvalue weighted by Gasteiger charge is 2.12. The van der Waals surface area contributed by atoms with Crippen LogP contribution in [0, 0.1) is 18.6 Å². The molecule has 1 N–H and O–H groups in total. The van der Waals surface area contributed by atoms with Gasteiger partial charge in [-0.25, -0.2) is 8.78 Å². The number of rotatable bonds is 4. The summed E-state index contributed by atoms with van der Waals surface area (Å²) >= 11 is 0. The van der Waals surface area contributed by atoms with Gasteiger partial charge in [-0.3, -0.25) is 0 Å². The number of hydrogen-bond acceptors (Lipinski definition) is 1. The van der Waals surface area contributed by atoms with E-state index in [4.69, 9.17) is 0 Å². The molecule has 0 radical (unpaired) electrons. The van der Waals surface area contributed by atoms with Crippen molar-refractivity contribution in [3.05, 3.63) is 70.8 Å². The maximum atomic E-state index is 13.4. The van der Waals surface area contributed by atoms with Gasteiger partial charge in [0.05, 0.1) is 0 Å². The van der Waals surface area contributed by atoms with Crippen molar-refractivity contribution in [3.8, 4) is 0 Å². The molecule has 0 bridgehead atoms. The highest BCUT2D eigenvalue weighted by atomic mass is 19.1. The molecular formula is C16H17F2N. The Morgan fingerprint density at radius 2 is 1.84 bits per heavy atom. The molecule has 2 rings (SSSR count). The van der Waals surface area contributed by atoms with E-state index in [0.717, 1.165) is 16.7 Å². The fourth-order valence-corrected chi connectivity index (χ4v) is 2.25. The smallest absolute Gasteiger partial charge is 0.123 e. The minimum atomic E-state index is -0.247. The number of aryl methyl sites for hydroxylation is 1. The molecule has 0 aromatic heterocycles. The summed E-state index contributed by atoms with van der Waals surface area (Å²) in [5.41, 5.74) is 2.65. The van der Waals surface area contributed by atoms with Gasteiger partial charge in [-0.05, 0) is 61.3 Å². The normalized spacial score (nSPS) is 12.4. The van der Waals surface area contributed by atoms with Crippen molar-refractivity contribution in [2.24, 2.45) is 0 Å². The SMILES string of the molecule is CNC(Cc1cccc(F)c1)c1cc(C)cc(F)c1. The van der Waals surface area contributed by atoms with Crippen LogP contribution in [0.25, 0.3) is 0 Å². The fraction of sp³-hybridized carbons (Fsp3) is 0.250. The van der Waals surface area contributed by atoms with E-state index in [1.54, 1.807) is 6.07 Å². The Balaban J connectivity index is 2.24. The molecule has 0 aliphatic heterocycles. The second kappa shape index (κ2) is 5.93. The Labute approximate surface area is 112 Å². The molecule has 0 aliphatic carbocycles. The van der Waals surface area contributed by atoms with Gasteiger partial charge in [0, 0.05) is 6.04 Å². The third kappa shape index (κ3) is 3.61. The van der Waals surface area contributed by atoms with Gasteiger partial charge in [-0.1, -0.05) is 18.2 Å². The molecule has 1 atom stereocenters. The highest BCUT2D eigenvalue weighted by molar-refractivity contribution is 5.28. The van der Waals surface area contributed by atoms with E-state index in [1.807, 2.05) is 26.1 Å². The van der Waals surface area contributed by atoms with E-state index in [-0.39, 0.29) is 17.7 Å². The van der Waals surface area contributed by atoms with Gasteiger partial charge in [0.15, 0.2) is 0 Å². The predicted octanol–water partition coefficient (Wildman–Crippen LogP) is 3.78. The molecule has 19 heavy (non-hydrogen) atoms. The number of halogens is 2. The third-order valence-electron chi connectivity index (χ3n) is 3.14. The van der Waals surface area contributed by atoms with Crippen LogP contribution in [0.2, 0.25) is 0 Å². The van der Waals surface area contributed by atoms with Gasteiger partial charge < -0.3 is 5.32 Å². The van der Waals surface area contributed by atoms with E-state index < -0.39 is 0 Å². The second-order valence-electron chi connectivity index (χ2n) is 4.74. The molecule has 0 fully saturated rings. The van der Waals surface area contributed by atoms with Crippen molar-refractivity contribution < 1.29 is 8.78 Å². The monoisotopic (exact) mass is 261 g/mol. The van der Waals surface area contributed by atoms with Gasteiger partial charge in [-0.2, -0.15) is 0 Å². The molecule has 1 unspecified atom stereocenters. The summed E-state index contributed by atoms with van der Waals surface area (Å²) in [6.45, 7) is 1.86. The van der Waals surface area contributed by atoms with Crippen LogP contribution in [-0.4, -0.2) is 7.05 Å². The van der Waals surface area contributed by atoms with E-state index in [1.165, 1.54) is 24.3 Å². The van der Waals surface area contributed by atoms with E-state index in [0.29, 0.717) is 6.42 Å². The number of likely N-dealkylation sites (N-methyl/N-ethyl adjacent to an activating group) is 1. The van der Waals surface area contributed by atoms with Crippen molar-refractivity contribution >= 4 is 0 Å². The van der Waals surface area contributed by atoms with Gasteiger partial charge in [0.25, 0.3) is 0 Å². The van der Waals surface area contributed by atoms with Crippen molar-refractivity contribution in [3.63, 3.8) is 0 Å². The van der Waals surface area contributed by atoms with Crippen molar-refractivity contribution in [2.75, 3.05) is 7.05 Å². The zero-order valence-corrected chi connectivity index (χ0v) is 11.1. The minimum Gasteiger partial charge on any atom is -0.313 e. The quantitative estimate of drug-likeness (QED) is 0.883. The standard InChI is InChI=1S/C16H17F2N/c1-11-6-13(10-15(18)7-11)16(19-2)9-12-4-3-5-14(17)8-12/h3-8,10,16,19H,9H2,1-2H3. The molecule has 0 saturated heterocycles. The molecule has 1 nitrogen and oxygen atoms in total. The molecular weight excluding hydrogens is 244 g/mol. The summed E-state index contributed by atoms with van der Waals surface area (Å²) in [5, 5.41) is 3.15. The maximum absolute atomic E-state index is 13.4. The summed E-state index contributed by atoms with van der Waals surface area (Å²) in [6.07, 6.45) is 0.622. The lowest BCUT2D eigenvalue weighted by molar-refractivity contribution is 0.572. The van der Waals surface area contributed by atoms with Crippen LogP contribution >= 0.6 is 0 Å². The van der Waals surface area contributed by atoms with E-state index in [9.17, 15) is 8.78 Å². The Morgan fingerprint density at radius 1 is 1.05 bits per heavy atom. The Bertz CT molecular complexity index is 546. The number of benzene rings is 2. The number of nitrogens with one attached hydrogen (secondary N) is 1. The lowest BCUT2D eigenvalue weighted by Gasteiger charge is -2.17. The van der Waals surface area contributed by atoms with Crippen LogP contribution in [-0.2, 0) is 6.42 Å². The predicted molar refractivity (Wildman–Crippen MR) is 73.0 cm³/mol. The highest BCUT2D eigenvalue weighted by Crippen LogP contribution is 2.21. The summed E-state index contributed by atoms with van der Waals surface area (Å²) < 4.78 is 26.6. The molecule has 0 amide bonds. The van der Waals surface area contributed by atoms with Crippen LogP contribution in [0.1, 0.15) is 22.7 Å². The molecule has 2 aromatic rings. The van der Waals surface area contributed by atoms with Crippen LogP contribution in [0.3, 0.4) is 0 Å². The largest absolute Gasteiger partial charge is 0.313 e. The molecule has 2 aromatic carbocycles. The van der Waals surface area contributed by atoms with Gasteiger partial charge in [0.2, 0.25) is 0 Å². The topological polar surface area (TPSA) is 12.0 Å². The maximum Gasteiger partial charge on any atom is 0.123 e. The summed E-state index contributed by atoms with van der Waals surface area (Å²) in [4.78, 5) is 0. The molecule has 0 saturated carbocycles. The lowest BCUT2D eigenvalue weighted by atomic mass is 9.97. The zero-order chi connectivity index (χ0) is 13.8. The fourth-order valence-electron chi connectivity index (χ4n) is 2.25. The molecule has 0 heterocycles. The second-order valence-corrected chi connectivity index (χ2v) is 4.74. The summed E-state index contributed by atoms with van der Waals surface area (Å²) in [5.74, 6) is -0.489. The molecule has 3 heteroatoms. The van der Waals surface area contributed by atoms with Crippen LogP contribution < -0.4 is 5.32 Å². The average molecular weight is 261 g/mol. The van der Waals surface area contributed by atoms with Crippen LogP contribution in [0.5, 0.6) is 0 Å². The van der Waals surface area contributed by atoms with E-state index in [2.05, 4.69) is 5.32 Å². The summed E-state index contributed by atoms with van der Waals surface area (Å²) in [6, 6.07) is 11.4. The average Bonchev–Trinajstić information content (AvgIpc) is 2.34. The summed E-state index contributed by atoms with van der Waals surface area (Å²) in [7, 11) is 1.82. The Hall–Kier alpha value is -1.74. The first-order valence-corrected chi connectivity index (χ1v) is 6.27. The first-order valence-electron chi connectivity index (χ1n) is 6.27. The third-order valence-corrected chi connectivity index (χ3v) is 3.14. The Morgan fingerprint density at radius 3 is 2.47 bits per heavy atom. The first-order chi connectivity index (χ1) is 9.08. The van der Waals surface area contributed by atoms with E-state index >= 15 is 0 Å². The van der Waals surface area contributed by atoms with Gasteiger partial charge >= 0.3 is 0 Å². The van der Waals surface area contributed by atoms with Gasteiger partial charge in [0.1, 0.15) is 11.6 Å². The lowest BCUT2D eigenvalue weighted by Crippen LogP contribution is -2.19. The van der Waals surface area contributed by atoms with Gasteiger partial charge in [-0.15, -0.1) is 0 Å². The first kappa shape index (κ1) is 13.7. The van der Waals surface area contributed by atoms with Crippen LogP contribution in [0.15, 0.2) is 42.5 Å².